The normalized spacial score (nSPS) is 18.0. The lowest BCUT2D eigenvalue weighted by atomic mass is 10.1. The number of fused-ring (bicyclic) bond motifs is 1. The van der Waals surface area contributed by atoms with Crippen molar-refractivity contribution in [3.8, 4) is 0 Å². The van der Waals surface area contributed by atoms with Gasteiger partial charge in [0.2, 0.25) is 5.91 Å². The maximum atomic E-state index is 11.2. The summed E-state index contributed by atoms with van der Waals surface area (Å²) in [7, 11) is 1.76. The first kappa shape index (κ1) is 14.8. The van der Waals surface area contributed by atoms with Gasteiger partial charge in [0.25, 0.3) is 0 Å². The second-order valence-corrected chi connectivity index (χ2v) is 5.72. The van der Waals surface area contributed by atoms with Gasteiger partial charge in [-0.05, 0) is 44.0 Å². The van der Waals surface area contributed by atoms with Crippen LogP contribution >= 0.6 is 0 Å². The summed E-state index contributed by atoms with van der Waals surface area (Å²) < 4.78 is 5.59. The maximum Gasteiger partial charge on any atom is 0.221 e. The largest absolute Gasteiger partial charge is 0.362 e. The summed E-state index contributed by atoms with van der Waals surface area (Å²) in [6.07, 6.45) is 2.30. The van der Waals surface area contributed by atoms with Crippen LogP contribution in [0.5, 0.6) is 0 Å². The quantitative estimate of drug-likeness (QED) is 0.946. The molecule has 0 radical (unpaired) electrons. The van der Waals surface area contributed by atoms with Crippen LogP contribution in [-0.2, 0) is 9.53 Å². The standard InChI is InChI=1S/C17H21N3O2/c1-11-9-16(20-8-4-5-17(20)22-3)14-7-6-13(19-12(2)21)10-15(14)18-11/h6-7,9-10,17H,4-5,8H2,1-3H3,(H,19,21)/t17-/m1/s1. The van der Waals surface area contributed by atoms with Gasteiger partial charge in [0.1, 0.15) is 6.23 Å². The zero-order valence-electron chi connectivity index (χ0n) is 13.2. The first-order valence-electron chi connectivity index (χ1n) is 7.57. The van der Waals surface area contributed by atoms with E-state index in [2.05, 4.69) is 21.3 Å². The molecule has 1 saturated heterocycles. The van der Waals surface area contributed by atoms with Gasteiger partial charge in [0, 0.05) is 43.0 Å². The molecule has 5 heteroatoms. The number of nitrogens with zero attached hydrogens (tertiary/aromatic N) is 2. The van der Waals surface area contributed by atoms with Crippen molar-refractivity contribution in [2.45, 2.75) is 32.9 Å². The van der Waals surface area contributed by atoms with Crippen LogP contribution < -0.4 is 10.2 Å². The highest BCUT2D eigenvalue weighted by atomic mass is 16.5. The Labute approximate surface area is 130 Å². The van der Waals surface area contributed by atoms with Crippen molar-refractivity contribution >= 4 is 28.2 Å². The number of rotatable bonds is 3. The second kappa shape index (κ2) is 5.93. The Hall–Kier alpha value is -2.14. The number of benzene rings is 1. The highest BCUT2D eigenvalue weighted by Gasteiger charge is 2.26. The van der Waals surface area contributed by atoms with Crippen LogP contribution in [0.15, 0.2) is 24.3 Å². The molecule has 1 fully saturated rings. The number of aryl methyl sites for hydroxylation is 1. The van der Waals surface area contributed by atoms with E-state index in [0.717, 1.165) is 47.4 Å². The molecular weight excluding hydrogens is 278 g/mol. The number of carbonyl (C=O) groups excluding carboxylic acids is 1. The van der Waals surface area contributed by atoms with Crippen molar-refractivity contribution in [3.05, 3.63) is 30.0 Å². The Bertz CT molecular complexity index is 714. The second-order valence-electron chi connectivity index (χ2n) is 5.72. The molecule has 1 amide bonds. The molecule has 0 unspecified atom stereocenters. The molecule has 1 aromatic heterocycles. The number of methoxy groups -OCH3 is 1. The fourth-order valence-electron chi connectivity index (χ4n) is 3.11. The molecule has 3 rings (SSSR count). The highest BCUT2D eigenvalue weighted by molar-refractivity contribution is 5.97. The molecule has 0 bridgehead atoms. The van der Waals surface area contributed by atoms with Gasteiger partial charge >= 0.3 is 0 Å². The number of nitrogens with one attached hydrogen (secondary N) is 1. The van der Waals surface area contributed by atoms with Gasteiger partial charge < -0.3 is 15.0 Å². The van der Waals surface area contributed by atoms with E-state index in [0.29, 0.717) is 0 Å². The fraction of sp³-hybridized carbons (Fsp3) is 0.412. The maximum absolute atomic E-state index is 11.2. The van der Waals surface area contributed by atoms with Crippen LogP contribution in [0.25, 0.3) is 10.9 Å². The van der Waals surface area contributed by atoms with E-state index < -0.39 is 0 Å². The summed E-state index contributed by atoms with van der Waals surface area (Å²) >= 11 is 0. The predicted octanol–water partition coefficient (Wildman–Crippen LogP) is 3.07. The fourth-order valence-corrected chi connectivity index (χ4v) is 3.11. The number of amides is 1. The smallest absolute Gasteiger partial charge is 0.221 e. The predicted molar refractivity (Wildman–Crippen MR) is 88.2 cm³/mol. The lowest BCUT2D eigenvalue weighted by molar-refractivity contribution is -0.114. The molecule has 1 aliphatic heterocycles. The molecule has 0 spiro atoms. The molecule has 2 aromatic rings. The third kappa shape index (κ3) is 2.76. The van der Waals surface area contributed by atoms with E-state index in [9.17, 15) is 4.79 Å². The van der Waals surface area contributed by atoms with E-state index in [1.165, 1.54) is 6.92 Å². The Balaban J connectivity index is 2.08. The summed E-state index contributed by atoms with van der Waals surface area (Å²) in [5.41, 5.74) is 3.78. The van der Waals surface area contributed by atoms with Gasteiger partial charge in [0.05, 0.1) is 5.52 Å². The number of hydrogen-bond acceptors (Lipinski definition) is 4. The zero-order chi connectivity index (χ0) is 15.7. The van der Waals surface area contributed by atoms with Gasteiger partial charge in [-0.25, -0.2) is 0 Å². The molecule has 1 aromatic carbocycles. The molecule has 0 aliphatic carbocycles. The zero-order valence-corrected chi connectivity index (χ0v) is 13.2. The molecule has 22 heavy (non-hydrogen) atoms. The highest BCUT2D eigenvalue weighted by Crippen LogP contribution is 2.33. The van der Waals surface area contributed by atoms with Crippen molar-refractivity contribution in [1.29, 1.82) is 0 Å². The molecule has 0 saturated carbocycles. The summed E-state index contributed by atoms with van der Waals surface area (Å²) in [6, 6.07) is 7.97. The summed E-state index contributed by atoms with van der Waals surface area (Å²) in [5.74, 6) is -0.0776. The minimum absolute atomic E-state index is 0.0776. The summed E-state index contributed by atoms with van der Waals surface area (Å²) in [4.78, 5) is 18.1. The lowest BCUT2D eigenvalue weighted by Gasteiger charge is -2.27. The molecule has 1 N–H and O–H groups in total. The van der Waals surface area contributed by atoms with Gasteiger partial charge in [0.15, 0.2) is 0 Å². The van der Waals surface area contributed by atoms with E-state index in [4.69, 9.17) is 4.74 Å². The monoisotopic (exact) mass is 299 g/mol. The number of ether oxygens (including phenoxy) is 1. The van der Waals surface area contributed by atoms with Gasteiger partial charge in [-0.1, -0.05) is 0 Å². The Morgan fingerprint density at radius 1 is 1.41 bits per heavy atom. The first-order valence-corrected chi connectivity index (χ1v) is 7.57. The van der Waals surface area contributed by atoms with Crippen LogP contribution in [0.1, 0.15) is 25.5 Å². The third-order valence-corrected chi connectivity index (χ3v) is 4.02. The first-order chi connectivity index (χ1) is 10.6. The van der Waals surface area contributed by atoms with Crippen LogP contribution in [0.2, 0.25) is 0 Å². The number of aromatic nitrogens is 1. The van der Waals surface area contributed by atoms with Crippen LogP contribution in [0.4, 0.5) is 11.4 Å². The number of carbonyl (C=O) groups is 1. The average molecular weight is 299 g/mol. The molecule has 1 atom stereocenters. The van der Waals surface area contributed by atoms with Crippen molar-refractivity contribution in [2.75, 3.05) is 23.9 Å². The Morgan fingerprint density at radius 2 is 2.23 bits per heavy atom. The van der Waals surface area contributed by atoms with Crippen molar-refractivity contribution in [2.24, 2.45) is 0 Å². The summed E-state index contributed by atoms with van der Waals surface area (Å²) in [5, 5.41) is 3.89. The Kier molecular flexibility index (Phi) is 3.98. The molecular formula is C17H21N3O2. The van der Waals surface area contributed by atoms with Crippen molar-refractivity contribution < 1.29 is 9.53 Å². The topological polar surface area (TPSA) is 54.5 Å². The minimum atomic E-state index is -0.0776. The minimum Gasteiger partial charge on any atom is -0.362 e. The number of anilines is 2. The molecule has 2 heterocycles. The number of hydrogen-bond donors (Lipinski definition) is 1. The van der Waals surface area contributed by atoms with Crippen molar-refractivity contribution in [1.82, 2.24) is 4.98 Å². The van der Waals surface area contributed by atoms with Gasteiger partial charge in [-0.3, -0.25) is 9.78 Å². The molecule has 1 aliphatic rings. The molecule has 5 nitrogen and oxygen atoms in total. The van der Waals surface area contributed by atoms with Gasteiger partial charge in [-0.2, -0.15) is 0 Å². The third-order valence-electron chi connectivity index (χ3n) is 4.02. The SMILES string of the molecule is CO[C@@H]1CCCN1c1cc(C)nc2cc(NC(C)=O)ccc12. The van der Waals surface area contributed by atoms with Crippen LogP contribution in [-0.4, -0.2) is 30.8 Å². The Morgan fingerprint density at radius 3 is 2.95 bits per heavy atom. The van der Waals surface area contributed by atoms with E-state index in [-0.39, 0.29) is 12.1 Å². The van der Waals surface area contributed by atoms with E-state index in [1.54, 1.807) is 7.11 Å². The van der Waals surface area contributed by atoms with Crippen LogP contribution in [0, 0.1) is 6.92 Å². The van der Waals surface area contributed by atoms with E-state index >= 15 is 0 Å². The summed E-state index contributed by atoms with van der Waals surface area (Å²) in [6.45, 7) is 4.49. The lowest BCUT2D eigenvalue weighted by Crippen LogP contribution is -2.30. The molecule has 116 valence electrons. The van der Waals surface area contributed by atoms with Crippen LogP contribution in [0.3, 0.4) is 0 Å². The number of pyridine rings is 1. The average Bonchev–Trinajstić information content (AvgIpc) is 2.93. The van der Waals surface area contributed by atoms with E-state index in [1.807, 2.05) is 25.1 Å². The van der Waals surface area contributed by atoms with Crippen molar-refractivity contribution in [3.63, 3.8) is 0 Å². The van der Waals surface area contributed by atoms with Gasteiger partial charge in [-0.15, -0.1) is 0 Å².